The summed E-state index contributed by atoms with van der Waals surface area (Å²) in [4.78, 5) is 26.9. The number of β-amino-alcohol motifs (C(OH)–C–C–N with tert-alkyl or cyclic N) is 1. The van der Waals surface area contributed by atoms with Gasteiger partial charge in [-0.05, 0) is 48.5 Å². The molecule has 0 spiro atoms. The Labute approximate surface area is 162 Å². The first-order valence-corrected chi connectivity index (χ1v) is 8.72. The lowest BCUT2D eigenvalue weighted by molar-refractivity contribution is -0.137. The molecule has 1 heterocycles. The molecule has 0 aromatic heterocycles. The van der Waals surface area contributed by atoms with Gasteiger partial charge in [0.25, 0.3) is 11.8 Å². The first-order valence-electron chi connectivity index (χ1n) is 8.72. The van der Waals surface area contributed by atoms with E-state index in [1.54, 1.807) is 24.3 Å². The van der Waals surface area contributed by atoms with Crippen molar-refractivity contribution in [1.29, 1.82) is 0 Å². The molecule has 0 radical (unpaired) electrons. The molecule has 0 saturated heterocycles. The lowest BCUT2D eigenvalue weighted by atomic mass is 10.2. The molecule has 2 amide bonds. The smallest absolute Gasteiger partial charge is 0.277 e. The Bertz CT molecular complexity index is 918. The molecule has 2 aromatic carbocycles. The normalized spacial score (nSPS) is 14.0. The second-order valence-electron chi connectivity index (χ2n) is 6.36. The van der Waals surface area contributed by atoms with E-state index >= 15 is 0 Å². The highest BCUT2D eigenvalue weighted by molar-refractivity contribution is 6.17. The fraction of sp³-hybridized carbons (Fsp3) is 0.200. The van der Waals surface area contributed by atoms with Gasteiger partial charge >= 0.3 is 0 Å². The van der Waals surface area contributed by atoms with Gasteiger partial charge < -0.3 is 15.3 Å². The molecular weight excluding hydrogens is 358 g/mol. The van der Waals surface area contributed by atoms with Crippen LogP contribution in [-0.4, -0.2) is 49.1 Å². The van der Waals surface area contributed by atoms with E-state index in [2.05, 4.69) is 15.5 Å². The number of imide groups is 1. The van der Waals surface area contributed by atoms with Gasteiger partial charge in [0.1, 0.15) is 5.70 Å². The van der Waals surface area contributed by atoms with E-state index in [1.807, 2.05) is 43.3 Å². The predicted octanol–water partition coefficient (Wildman–Crippen LogP) is 2.82. The molecule has 8 nitrogen and oxygen atoms in total. The lowest BCUT2D eigenvalue weighted by Gasteiger charge is -2.13. The topological polar surface area (TPSA) is 97.6 Å². The number of nitrogens with one attached hydrogen (secondary N) is 1. The second kappa shape index (κ2) is 8.45. The number of hydrogen-bond acceptors (Lipinski definition) is 7. The van der Waals surface area contributed by atoms with Gasteiger partial charge in [0, 0.05) is 31.5 Å². The Morgan fingerprint density at radius 3 is 2.07 bits per heavy atom. The lowest BCUT2D eigenvalue weighted by Crippen LogP contribution is -2.34. The zero-order chi connectivity index (χ0) is 20.1. The molecule has 1 aliphatic heterocycles. The summed E-state index contributed by atoms with van der Waals surface area (Å²) in [6, 6.07) is 14.7. The van der Waals surface area contributed by atoms with Gasteiger partial charge in [-0.25, -0.2) is 0 Å². The van der Waals surface area contributed by atoms with Crippen LogP contribution in [0.1, 0.15) is 0 Å². The van der Waals surface area contributed by atoms with Gasteiger partial charge in [-0.15, -0.1) is 0 Å². The summed E-state index contributed by atoms with van der Waals surface area (Å²) in [5.74, 6) is -0.892. The maximum Gasteiger partial charge on any atom is 0.277 e. The zero-order valence-corrected chi connectivity index (χ0v) is 15.7. The molecule has 0 aliphatic carbocycles. The Balaban J connectivity index is 1.63. The van der Waals surface area contributed by atoms with Gasteiger partial charge in [0.05, 0.1) is 24.5 Å². The maximum atomic E-state index is 12.1. The first-order chi connectivity index (χ1) is 13.5. The summed E-state index contributed by atoms with van der Waals surface area (Å²) >= 11 is 0. The number of anilines is 2. The molecule has 2 N–H and O–H groups in total. The highest BCUT2D eigenvalue weighted by Crippen LogP contribution is 2.23. The molecule has 0 unspecified atom stereocenters. The standard InChI is InChI=1S/C20H21N5O3/c1-24(2)17-9-7-16(8-10-17)23-22-15-5-3-14(4-6-15)21-18-13-19(27)25(11-12-26)20(18)28/h3-10,13,21,26H,11-12H2,1-2H3. The molecule has 8 heteroatoms. The molecule has 0 saturated carbocycles. The molecule has 28 heavy (non-hydrogen) atoms. The molecule has 0 fully saturated rings. The zero-order valence-electron chi connectivity index (χ0n) is 15.7. The van der Waals surface area contributed by atoms with Crippen LogP contribution in [0.5, 0.6) is 0 Å². The van der Waals surface area contributed by atoms with Crippen LogP contribution < -0.4 is 10.2 Å². The fourth-order valence-electron chi connectivity index (χ4n) is 2.61. The average molecular weight is 379 g/mol. The quantitative estimate of drug-likeness (QED) is 0.569. The molecule has 0 atom stereocenters. The van der Waals surface area contributed by atoms with E-state index in [9.17, 15) is 9.59 Å². The monoisotopic (exact) mass is 379 g/mol. The number of carbonyl (C=O) groups excluding carboxylic acids is 2. The van der Waals surface area contributed by atoms with Gasteiger partial charge in [0.15, 0.2) is 0 Å². The molecule has 2 aromatic rings. The number of benzene rings is 2. The Morgan fingerprint density at radius 1 is 0.964 bits per heavy atom. The summed E-state index contributed by atoms with van der Waals surface area (Å²) in [6.07, 6.45) is 1.23. The summed E-state index contributed by atoms with van der Waals surface area (Å²) in [6.45, 7) is -0.287. The minimum Gasteiger partial charge on any atom is -0.395 e. The number of amides is 2. The van der Waals surface area contributed by atoms with Crippen molar-refractivity contribution in [3.63, 3.8) is 0 Å². The Kier molecular flexibility index (Phi) is 5.81. The van der Waals surface area contributed by atoms with Gasteiger partial charge in [-0.1, -0.05) is 0 Å². The molecule has 1 aliphatic rings. The maximum absolute atomic E-state index is 12.1. The predicted molar refractivity (Wildman–Crippen MR) is 107 cm³/mol. The van der Waals surface area contributed by atoms with E-state index < -0.39 is 11.8 Å². The number of carbonyl (C=O) groups is 2. The van der Waals surface area contributed by atoms with Crippen LogP contribution in [0, 0.1) is 0 Å². The van der Waals surface area contributed by atoms with Crippen molar-refractivity contribution in [2.24, 2.45) is 10.2 Å². The Morgan fingerprint density at radius 2 is 1.54 bits per heavy atom. The highest BCUT2D eigenvalue weighted by atomic mass is 16.3. The number of hydrogen-bond donors (Lipinski definition) is 2. The van der Waals surface area contributed by atoms with Crippen LogP contribution in [0.25, 0.3) is 0 Å². The van der Waals surface area contributed by atoms with Gasteiger partial charge in [0.2, 0.25) is 0 Å². The van der Waals surface area contributed by atoms with Crippen LogP contribution >= 0.6 is 0 Å². The van der Waals surface area contributed by atoms with Crippen LogP contribution in [0.4, 0.5) is 22.7 Å². The van der Waals surface area contributed by atoms with Crippen molar-refractivity contribution < 1.29 is 14.7 Å². The van der Waals surface area contributed by atoms with Crippen LogP contribution in [0.15, 0.2) is 70.5 Å². The third-order valence-corrected chi connectivity index (χ3v) is 4.13. The highest BCUT2D eigenvalue weighted by Gasteiger charge is 2.30. The summed E-state index contributed by atoms with van der Waals surface area (Å²) in [5.41, 5.74) is 3.31. The summed E-state index contributed by atoms with van der Waals surface area (Å²) in [7, 11) is 3.95. The van der Waals surface area contributed by atoms with Crippen molar-refractivity contribution in [1.82, 2.24) is 4.90 Å². The minimum absolute atomic E-state index is 0.0197. The largest absolute Gasteiger partial charge is 0.395 e. The third-order valence-electron chi connectivity index (χ3n) is 4.13. The van der Waals surface area contributed by atoms with Gasteiger partial charge in [-0.2, -0.15) is 10.2 Å². The van der Waals surface area contributed by atoms with Crippen molar-refractivity contribution in [3.8, 4) is 0 Å². The van der Waals surface area contributed by atoms with E-state index in [1.165, 1.54) is 6.08 Å². The minimum atomic E-state index is -0.455. The fourth-order valence-corrected chi connectivity index (χ4v) is 2.61. The van der Waals surface area contributed by atoms with Crippen molar-refractivity contribution >= 4 is 34.6 Å². The van der Waals surface area contributed by atoms with E-state index in [4.69, 9.17) is 5.11 Å². The number of nitrogens with zero attached hydrogens (tertiary/aromatic N) is 4. The van der Waals surface area contributed by atoms with E-state index in [0.717, 1.165) is 16.3 Å². The summed E-state index contributed by atoms with van der Waals surface area (Å²) in [5, 5.41) is 20.3. The molecule has 144 valence electrons. The summed E-state index contributed by atoms with van der Waals surface area (Å²) < 4.78 is 0. The van der Waals surface area contributed by atoms with Crippen molar-refractivity contribution in [3.05, 3.63) is 60.3 Å². The van der Waals surface area contributed by atoms with Gasteiger partial charge in [-0.3, -0.25) is 14.5 Å². The first kappa shape index (κ1) is 19.2. The second-order valence-corrected chi connectivity index (χ2v) is 6.36. The molecular formula is C20H21N5O3. The van der Waals surface area contributed by atoms with Crippen molar-refractivity contribution in [2.45, 2.75) is 0 Å². The third kappa shape index (κ3) is 4.41. The van der Waals surface area contributed by atoms with E-state index in [-0.39, 0.29) is 18.8 Å². The molecule has 0 bridgehead atoms. The van der Waals surface area contributed by atoms with Crippen LogP contribution in [0.2, 0.25) is 0 Å². The number of aliphatic hydroxyl groups is 1. The number of azo groups is 1. The molecule has 3 rings (SSSR count). The van der Waals surface area contributed by atoms with Crippen LogP contribution in [-0.2, 0) is 9.59 Å². The SMILES string of the molecule is CN(C)c1ccc(N=Nc2ccc(NC3=CC(=O)N(CCO)C3=O)cc2)cc1. The number of rotatable bonds is 7. The Hall–Kier alpha value is -3.52. The van der Waals surface area contributed by atoms with Crippen molar-refractivity contribution in [2.75, 3.05) is 37.5 Å². The number of aliphatic hydroxyl groups excluding tert-OH is 1. The van der Waals surface area contributed by atoms with Crippen LogP contribution in [0.3, 0.4) is 0 Å². The average Bonchev–Trinajstić information content (AvgIpc) is 2.95. The van der Waals surface area contributed by atoms with E-state index in [0.29, 0.717) is 11.4 Å².